The molecule has 1 amide bonds. The molecule has 0 atom stereocenters. The van der Waals surface area contributed by atoms with Crippen molar-refractivity contribution in [2.75, 3.05) is 6.54 Å². The molecule has 1 aliphatic carbocycles. The Bertz CT molecular complexity index is 1280. The van der Waals surface area contributed by atoms with Gasteiger partial charge in [0.25, 0.3) is 5.91 Å². The summed E-state index contributed by atoms with van der Waals surface area (Å²) in [7, 11) is 0. The number of carbonyl (C=O) groups is 2. The van der Waals surface area contributed by atoms with E-state index in [2.05, 4.69) is 5.32 Å². The van der Waals surface area contributed by atoms with Crippen molar-refractivity contribution in [2.24, 2.45) is 5.92 Å². The Morgan fingerprint density at radius 2 is 1.78 bits per heavy atom. The number of aryl methyl sites for hydroxylation is 1. The van der Waals surface area contributed by atoms with Crippen molar-refractivity contribution < 1.29 is 32.3 Å². The number of hydrogen-bond donors (Lipinski definition) is 2. The summed E-state index contributed by atoms with van der Waals surface area (Å²) in [6.45, 7) is 2.05. The molecule has 0 bridgehead atoms. The number of furan rings is 1. The van der Waals surface area contributed by atoms with Crippen LogP contribution in [0.1, 0.15) is 72.7 Å². The fourth-order valence-corrected chi connectivity index (χ4v) is 5.58. The number of carboxylic acids is 1. The van der Waals surface area contributed by atoms with Gasteiger partial charge in [-0.05, 0) is 73.6 Å². The van der Waals surface area contributed by atoms with E-state index < -0.39 is 29.4 Å². The molecule has 2 aromatic carbocycles. The Labute approximate surface area is 218 Å². The van der Waals surface area contributed by atoms with Crippen LogP contribution in [0.4, 0.5) is 13.2 Å². The summed E-state index contributed by atoms with van der Waals surface area (Å²) in [4.78, 5) is 23.1. The summed E-state index contributed by atoms with van der Waals surface area (Å²) in [5.74, 6) is -1.97. The first kappa shape index (κ1) is 27.0. The van der Waals surface area contributed by atoms with Crippen molar-refractivity contribution >= 4 is 34.4 Å². The first-order valence-electron chi connectivity index (χ1n) is 12.4. The third kappa shape index (κ3) is 5.79. The molecule has 0 saturated heterocycles. The molecular formula is C28H29ClF3NO4. The number of alkyl halides is 3. The summed E-state index contributed by atoms with van der Waals surface area (Å²) in [5, 5.41) is 12.6. The van der Waals surface area contributed by atoms with Gasteiger partial charge in [0.2, 0.25) is 0 Å². The minimum atomic E-state index is -4.24. The third-order valence-corrected chi connectivity index (χ3v) is 7.58. The lowest BCUT2D eigenvalue weighted by molar-refractivity contribution is -0.184. The molecule has 5 nitrogen and oxygen atoms in total. The fourth-order valence-electron chi connectivity index (χ4n) is 5.32. The Morgan fingerprint density at radius 1 is 1.11 bits per heavy atom. The largest absolute Gasteiger partial charge is 0.481 e. The molecule has 1 fully saturated rings. The van der Waals surface area contributed by atoms with Crippen LogP contribution in [0.15, 0.2) is 46.9 Å². The van der Waals surface area contributed by atoms with Crippen molar-refractivity contribution in [3.05, 3.63) is 69.9 Å². The van der Waals surface area contributed by atoms with Crippen LogP contribution < -0.4 is 5.32 Å². The van der Waals surface area contributed by atoms with E-state index in [1.165, 1.54) is 0 Å². The van der Waals surface area contributed by atoms with Crippen LogP contribution in [-0.2, 0) is 16.6 Å². The molecule has 0 unspecified atom stereocenters. The molecule has 1 heterocycles. The van der Waals surface area contributed by atoms with Gasteiger partial charge in [0.15, 0.2) is 5.58 Å². The Balaban J connectivity index is 1.70. The van der Waals surface area contributed by atoms with Gasteiger partial charge < -0.3 is 14.8 Å². The van der Waals surface area contributed by atoms with Gasteiger partial charge in [0.05, 0.1) is 17.4 Å². The number of fused-ring (bicyclic) bond motifs is 1. The van der Waals surface area contributed by atoms with Crippen molar-refractivity contribution in [3.8, 4) is 0 Å². The number of halogens is 4. The van der Waals surface area contributed by atoms with Crippen molar-refractivity contribution in [2.45, 2.75) is 63.5 Å². The lowest BCUT2D eigenvalue weighted by Gasteiger charge is -2.42. The van der Waals surface area contributed by atoms with E-state index in [-0.39, 0.29) is 38.6 Å². The average molecular weight is 536 g/mol. The summed E-state index contributed by atoms with van der Waals surface area (Å²) in [5.41, 5.74) is 1.85. The Kier molecular flexibility index (Phi) is 7.88. The van der Waals surface area contributed by atoms with Crippen LogP contribution in [0.3, 0.4) is 0 Å². The average Bonchev–Trinajstić information content (AvgIpc) is 3.27. The second-order valence-corrected chi connectivity index (χ2v) is 10.1. The molecule has 1 saturated carbocycles. The van der Waals surface area contributed by atoms with Gasteiger partial charge in [-0.15, -0.1) is 0 Å². The highest BCUT2D eigenvalue weighted by Gasteiger charge is 2.47. The second-order valence-electron chi connectivity index (χ2n) is 9.71. The third-order valence-electron chi connectivity index (χ3n) is 7.30. The van der Waals surface area contributed by atoms with Crippen LogP contribution >= 0.6 is 11.6 Å². The van der Waals surface area contributed by atoms with Gasteiger partial charge in [-0.25, -0.2) is 0 Å². The summed E-state index contributed by atoms with van der Waals surface area (Å²) >= 11 is 6.61. The molecule has 1 aromatic heterocycles. The van der Waals surface area contributed by atoms with E-state index >= 15 is 0 Å². The number of carbonyl (C=O) groups excluding carboxylic acids is 1. The Hall–Kier alpha value is -3.00. The normalized spacial score (nSPS) is 20.2. The number of rotatable bonds is 8. The first-order chi connectivity index (χ1) is 17.5. The van der Waals surface area contributed by atoms with E-state index in [4.69, 9.17) is 21.1 Å². The molecule has 0 radical (unpaired) electrons. The lowest BCUT2D eigenvalue weighted by atomic mass is 9.63. The van der Waals surface area contributed by atoms with E-state index in [1.54, 1.807) is 30.3 Å². The molecule has 37 heavy (non-hydrogen) atoms. The SMILES string of the molecule is CCCc1cc2cc(C3(c4ccc(C(=O)NCCC(=O)O)cc4)CCC(C(F)(F)F)CC3)cc(Cl)c2o1. The number of aliphatic carboxylic acids is 1. The molecule has 0 aliphatic heterocycles. The highest BCUT2D eigenvalue weighted by Crippen LogP contribution is 2.51. The number of benzene rings is 2. The van der Waals surface area contributed by atoms with E-state index in [0.717, 1.165) is 35.1 Å². The maximum Gasteiger partial charge on any atom is 0.391 e. The van der Waals surface area contributed by atoms with Gasteiger partial charge in [-0.3, -0.25) is 9.59 Å². The van der Waals surface area contributed by atoms with Crippen LogP contribution in [0.25, 0.3) is 11.0 Å². The van der Waals surface area contributed by atoms with Gasteiger partial charge >= 0.3 is 12.1 Å². The summed E-state index contributed by atoms with van der Waals surface area (Å²) in [6.07, 6.45) is -2.23. The van der Waals surface area contributed by atoms with Crippen LogP contribution in [0.5, 0.6) is 0 Å². The predicted molar refractivity (Wildman–Crippen MR) is 135 cm³/mol. The van der Waals surface area contributed by atoms with Crippen LogP contribution in [0, 0.1) is 5.92 Å². The summed E-state index contributed by atoms with van der Waals surface area (Å²) in [6, 6.07) is 12.5. The Morgan fingerprint density at radius 3 is 2.38 bits per heavy atom. The number of amides is 1. The number of carboxylic acid groups (broad SMARTS) is 1. The van der Waals surface area contributed by atoms with E-state index in [0.29, 0.717) is 16.2 Å². The van der Waals surface area contributed by atoms with E-state index in [1.807, 2.05) is 19.1 Å². The molecule has 9 heteroatoms. The topological polar surface area (TPSA) is 79.5 Å². The highest BCUT2D eigenvalue weighted by atomic mass is 35.5. The molecule has 4 rings (SSSR count). The zero-order valence-corrected chi connectivity index (χ0v) is 21.2. The van der Waals surface area contributed by atoms with Crippen LogP contribution in [-0.4, -0.2) is 29.7 Å². The van der Waals surface area contributed by atoms with Crippen LogP contribution in [0.2, 0.25) is 5.02 Å². The van der Waals surface area contributed by atoms with E-state index in [9.17, 15) is 22.8 Å². The molecule has 3 aromatic rings. The quantitative estimate of drug-likeness (QED) is 0.317. The molecular weight excluding hydrogens is 507 g/mol. The second kappa shape index (κ2) is 10.8. The standard InChI is InChI=1S/C28H29ClF3NO4/c1-2-3-22-15-18-14-21(16-23(29)25(18)37-22)27(11-8-20(9-12-27)28(30,31)32)19-6-4-17(5-7-19)26(36)33-13-10-24(34)35/h4-7,14-16,20H,2-3,8-13H2,1H3,(H,33,36)(H,34,35). The lowest BCUT2D eigenvalue weighted by Crippen LogP contribution is -2.37. The zero-order valence-electron chi connectivity index (χ0n) is 20.5. The maximum absolute atomic E-state index is 13.5. The highest BCUT2D eigenvalue weighted by molar-refractivity contribution is 6.35. The zero-order chi connectivity index (χ0) is 26.8. The fraction of sp³-hybridized carbons (Fsp3) is 0.429. The minimum Gasteiger partial charge on any atom is -0.481 e. The maximum atomic E-state index is 13.5. The van der Waals surface area contributed by atoms with Crippen molar-refractivity contribution in [3.63, 3.8) is 0 Å². The monoisotopic (exact) mass is 535 g/mol. The smallest absolute Gasteiger partial charge is 0.391 e. The first-order valence-corrected chi connectivity index (χ1v) is 12.8. The van der Waals surface area contributed by atoms with Crippen molar-refractivity contribution in [1.29, 1.82) is 0 Å². The van der Waals surface area contributed by atoms with Gasteiger partial charge in [-0.2, -0.15) is 13.2 Å². The van der Waals surface area contributed by atoms with Gasteiger partial charge in [0.1, 0.15) is 5.76 Å². The van der Waals surface area contributed by atoms with Crippen molar-refractivity contribution in [1.82, 2.24) is 5.32 Å². The molecule has 1 aliphatic rings. The minimum absolute atomic E-state index is 0.00190. The summed E-state index contributed by atoms with van der Waals surface area (Å²) < 4.78 is 46.5. The molecule has 0 spiro atoms. The number of hydrogen-bond acceptors (Lipinski definition) is 3. The molecule has 198 valence electrons. The van der Waals surface area contributed by atoms with Gasteiger partial charge in [0, 0.05) is 29.3 Å². The molecule has 2 N–H and O–H groups in total. The number of nitrogens with one attached hydrogen (secondary N) is 1. The predicted octanol–water partition coefficient (Wildman–Crippen LogP) is 7.28. The van der Waals surface area contributed by atoms with Gasteiger partial charge in [-0.1, -0.05) is 30.7 Å².